The SMILES string of the molecule is Cc1cc(N(Cc2ccccc2)Cc2ccccc2)ccc1CC(N)C(=O)O. The highest BCUT2D eigenvalue weighted by molar-refractivity contribution is 5.73. The van der Waals surface area contributed by atoms with E-state index in [2.05, 4.69) is 65.6 Å². The average Bonchev–Trinajstić information content (AvgIpc) is 2.70. The fourth-order valence-corrected chi connectivity index (χ4v) is 3.28. The molecule has 0 saturated carbocycles. The van der Waals surface area contributed by atoms with Gasteiger partial charge in [0.25, 0.3) is 0 Å². The first kappa shape index (κ1) is 19.6. The lowest BCUT2D eigenvalue weighted by Crippen LogP contribution is -2.32. The molecule has 4 nitrogen and oxygen atoms in total. The van der Waals surface area contributed by atoms with Crippen LogP contribution in [0.2, 0.25) is 0 Å². The Bertz CT molecular complexity index is 869. The molecule has 3 rings (SSSR count). The van der Waals surface area contributed by atoms with E-state index in [0.29, 0.717) is 6.42 Å². The van der Waals surface area contributed by atoms with Crippen LogP contribution in [0.25, 0.3) is 0 Å². The summed E-state index contributed by atoms with van der Waals surface area (Å²) in [4.78, 5) is 13.4. The monoisotopic (exact) mass is 374 g/mol. The second-order valence-electron chi connectivity index (χ2n) is 7.09. The van der Waals surface area contributed by atoms with Crippen molar-refractivity contribution >= 4 is 11.7 Å². The van der Waals surface area contributed by atoms with Crippen molar-refractivity contribution in [3.05, 3.63) is 101 Å². The second kappa shape index (κ2) is 9.20. The zero-order valence-electron chi connectivity index (χ0n) is 16.1. The molecule has 1 atom stereocenters. The molecule has 0 aliphatic rings. The van der Waals surface area contributed by atoms with Crippen LogP contribution in [0.15, 0.2) is 78.9 Å². The maximum Gasteiger partial charge on any atom is 0.320 e. The molecule has 0 aromatic heterocycles. The van der Waals surface area contributed by atoms with Crippen molar-refractivity contribution < 1.29 is 9.90 Å². The number of carbonyl (C=O) groups is 1. The molecule has 3 N–H and O–H groups in total. The van der Waals surface area contributed by atoms with Gasteiger partial charge in [0, 0.05) is 18.8 Å². The lowest BCUT2D eigenvalue weighted by molar-refractivity contribution is -0.138. The van der Waals surface area contributed by atoms with Crippen LogP contribution in [-0.4, -0.2) is 17.1 Å². The molecule has 0 spiro atoms. The summed E-state index contributed by atoms with van der Waals surface area (Å²) in [5, 5.41) is 9.07. The van der Waals surface area contributed by atoms with Crippen molar-refractivity contribution in [3.63, 3.8) is 0 Å². The van der Waals surface area contributed by atoms with Gasteiger partial charge in [0.2, 0.25) is 0 Å². The van der Waals surface area contributed by atoms with Crippen molar-refractivity contribution in [2.45, 2.75) is 32.5 Å². The van der Waals surface area contributed by atoms with Crippen molar-refractivity contribution in [2.24, 2.45) is 5.73 Å². The zero-order valence-corrected chi connectivity index (χ0v) is 16.1. The normalized spacial score (nSPS) is 11.8. The van der Waals surface area contributed by atoms with Crippen LogP contribution in [0.3, 0.4) is 0 Å². The molecule has 0 amide bonds. The highest BCUT2D eigenvalue weighted by Gasteiger charge is 2.15. The second-order valence-corrected chi connectivity index (χ2v) is 7.09. The Kier molecular flexibility index (Phi) is 6.45. The minimum absolute atomic E-state index is 0.332. The maximum atomic E-state index is 11.1. The third kappa shape index (κ3) is 5.21. The molecular formula is C24H26N2O2. The van der Waals surface area contributed by atoms with E-state index in [1.54, 1.807) is 0 Å². The minimum atomic E-state index is -0.974. The predicted molar refractivity (Wildman–Crippen MR) is 113 cm³/mol. The maximum absolute atomic E-state index is 11.1. The van der Waals surface area contributed by atoms with Crippen molar-refractivity contribution in [1.82, 2.24) is 0 Å². The van der Waals surface area contributed by atoms with E-state index in [1.807, 2.05) is 25.1 Å². The Morgan fingerprint density at radius 2 is 1.46 bits per heavy atom. The van der Waals surface area contributed by atoms with E-state index in [1.165, 1.54) is 11.1 Å². The van der Waals surface area contributed by atoms with Crippen LogP contribution in [0.5, 0.6) is 0 Å². The van der Waals surface area contributed by atoms with Gasteiger partial charge in [0.15, 0.2) is 0 Å². The van der Waals surface area contributed by atoms with Gasteiger partial charge in [0.05, 0.1) is 0 Å². The van der Waals surface area contributed by atoms with Gasteiger partial charge in [-0.15, -0.1) is 0 Å². The number of hydrogen-bond acceptors (Lipinski definition) is 3. The number of carboxylic acids is 1. The van der Waals surface area contributed by atoms with Crippen LogP contribution in [0.4, 0.5) is 5.69 Å². The summed E-state index contributed by atoms with van der Waals surface area (Å²) < 4.78 is 0. The highest BCUT2D eigenvalue weighted by atomic mass is 16.4. The number of hydrogen-bond donors (Lipinski definition) is 2. The summed E-state index contributed by atoms with van der Waals surface area (Å²) >= 11 is 0. The first-order valence-corrected chi connectivity index (χ1v) is 9.43. The molecule has 0 radical (unpaired) electrons. The topological polar surface area (TPSA) is 66.6 Å². The number of nitrogens with zero attached hydrogens (tertiary/aromatic N) is 1. The van der Waals surface area contributed by atoms with Crippen molar-refractivity contribution in [3.8, 4) is 0 Å². The van der Waals surface area contributed by atoms with Crippen LogP contribution in [-0.2, 0) is 24.3 Å². The molecule has 0 bridgehead atoms. The molecule has 4 heteroatoms. The first-order valence-electron chi connectivity index (χ1n) is 9.43. The smallest absolute Gasteiger partial charge is 0.320 e. The molecule has 0 fully saturated rings. The summed E-state index contributed by atoms with van der Waals surface area (Å²) in [7, 11) is 0. The molecule has 0 aliphatic carbocycles. The number of anilines is 1. The van der Waals surface area contributed by atoms with Gasteiger partial charge >= 0.3 is 5.97 Å². The Hall–Kier alpha value is -3.11. The van der Waals surface area contributed by atoms with Crippen molar-refractivity contribution in [1.29, 1.82) is 0 Å². The van der Waals surface area contributed by atoms with E-state index in [0.717, 1.165) is 29.9 Å². The summed E-state index contributed by atoms with van der Waals surface area (Å²) in [5.74, 6) is -0.974. The third-order valence-electron chi connectivity index (χ3n) is 4.88. The Labute approximate surface area is 166 Å². The van der Waals surface area contributed by atoms with Gasteiger partial charge in [-0.3, -0.25) is 4.79 Å². The molecule has 144 valence electrons. The molecule has 0 aliphatic heterocycles. The van der Waals surface area contributed by atoms with Crippen LogP contribution in [0.1, 0.15) is 22.3 Å². The molecule has 0 saturated heterocycles. The summed E-state index contributed by atoms with van der Waals surface area (Å²) in [6.45, 7) is 3.60. The summed E-state index contributed by atoms with van der Waals surface area (Å²) in [5.41, 5.74) is 11.3. The third-order valence-corrected chi connectivity index (χ3v) is 4.88. The molecule has 0 heterocycles. The number of carboxylic acid groups (broad SMARTS) is 1. The lowest BCUT2D eigenvalue weighted by atomic mass is 10.00. The number of nitrogens with two attached hydrogens (primary N) is 1. The lowest BCUT2D eigenvalue weighted by Gasteiger charge is -2.26. The minimum Gasteiger partial charge on any atom is -0.480 e. The number of rotatable bonds is 8. The summed E-state index contributed by atoms with van der Waals surface area (Å²) in [6.07, 6.45) is 0.332. The van der Waals surface area contributed by atoms with Gasteiger partial charge in [-0.25, -0.2) is 0 Å². The predicted octanol–water partition coefficient (Wildman–Crippen LogP) is 4.16. The Balaban J connectivity index is 1.86. The van der Waals surface area contributed by atoms with E-state index >= 15 is 0 Å². The van der Waals surface area contributed by atoms with Gasteiger partial charge < -0.3 is 15.7 Å². The highest BCUT2D eigenvalue weighted by Crippen LogP contribution is 2.24. The average molecular weight is 374 g/mol. The van der Waals surface area contributed by atoms with E-state index in [4.69, 9.17) is 10.8 Å². The molecular weight excluding hydrogens is 348 g/mol. The van der Waals surface area contributed by atoms with Gasteiger partial charge in [0.1, 0.15) is 6.04 Å². The summed E-state index contributed by atoms with van der Waals surface area (Å²) in [6, 6.07) is 26.1. The first-order chi connectivity index (χ1) is 13.5. The van der Waals surface area contributed by atoms with Gasteiger partial charge in [-0.05, 0) is 47.7 Å². The molecule has 3 aromatic rings. The zero-order chi connectivity index (χ0) is 19.9. The largest absolute Gasteiger partial charge is 0.480 e. The number of aliphatic carboxylic acids is 1. The Morgan fingerprint density at radius 1 is 0.929 bits per heavy atom. The quantitative estimate of drug-likeness (QED) is 0.621. The van der Waals surface area contributed by atoms with Crippen LogP contribution >= 0.6 is 0 Å². The van der Waals surface area contributed by atoms with E-state index in [9.17, 15) is 4.79 Å². The number of aryl methyl sites for hydroxylation is 1. The number of benzene rings is 3. The van der Waals surface area contributed by atoms with Gasteiger partial charge in [-0.2, -0.15) is 0 Å². The molecule has 3 aromatic carbocycles. The van der Waals surface area contributed by atoms with Crippen LogP contribution in [0, 0.1) is 6.92 Å². The van der Waals surface area contributed by atoms with E-state index in [-0.39, 0.29) is 0 Å². The molecule has 1 unspecified atom stereocenters. The molecule has 28 heavy (non-hydrogen) atoms. The van der Waals surface area contributed by atoms with Crippen LogP contribution < -0.4 is 10.6 Å². The fourth-order valence-electron chi connectivity index (χ4n) is 3.28. The van der Waals surface area contributed by atoms with Crippen molar-refractivity contribution in [2.75, 3.05) is 4.90 Å². The standard InChI is InChI=1S/C24H26N2O2/c1-18-14-22(13-12-21(18)15-23(25)24(27)28)26(16-19-8-4-2-5-9-19)17-20-10-6-3-7-11-20/h2-14,23H,15-17,25H2,1H3,(H,27,28). The van der Waals surface area contributed by atoms with E-state index < -0.39 is 12.0 Å². The fraction of sp³-hybridized carbons (Fsp3) is 0.208. The van der Waals surface area contributed by atoms with Gasteiger partial charge in [-0.1, -0.05) is 66.7 Å². The Morgan fingerprint density at radius 3 is 1.93 bits per heavy atom.